The lowest BCUT2D eigenvalue weighted by Gasteiger charge is -2.44. The zero-order valence-electron chi connectivity index (χ0n) is 16.1. The SMILES string of the molecule is CCOC(=O)CCCNC(=S)N1CCC(N2CC(C)(C)COC2=O)CC1. The number of amides is 1. The van der Waals surface area contributed by atoms with Crippen LogP contribution in [0, 0.1) is 5.41 Å². The second-order valence-corrected chi connectivity index (χ2v) is 8.09. The summed E-state index contributed by atoms with van der Waals surface area (Å²) in [5.41, 5.74) is 0.000819. The van der Waals surface area contributed by atoms with Gasteiger partial charge in [-0.2, -0.15) is 0 Å². The van der Waals surface area contributed by atoms with Crippen molar-refractivity contribution in [3.8, 4) is 0 Å². The fraction of sp³-hybridized carbons (Fsp3) is 0.833. The molecule has 8 heteroatoms. The average molecular weight is 386 g/mol. The van der Waals surface area contributed by atoms with Gasteiger partial charge in [0.15, 0.2) is 5.11 Å². The first kappa shape index (κ1) is 20.7. The van der Waals surface area contributed by atoms with Crippen LogP contribution in [0.5, 0.6) is 0 Å². The second kappa shape index (κ2) is 9.39. The third-order valence-electron chi connectivity index (χ3n) is 4.75. The number of hydrogen-bond acceptors (Lipinski definition) is 5. The number of ether oxygens (including phenoxy) is 2. The van der Waals surface area contributed by atoms with Gasteiger partial charge in [-0.3, -0.25) is 4.79 Å². The normalized spacial score (nSPS) is 20.5. The van der Waals surface area contributed by atoms with Gasteiger partial charge in [-0.25, -0.2) is 4.79 Å². The van der Waals surface area contributed by atoms with Crippen LogP contribution in [0.25, 0.3) is 0 Å². The molecule has 2 rings (SSSR count). The molecule has 0 saturated carbocycles. The number of rotatable bonds is 6. The standard InChI is InChI=1S/C18H31N3O4S/c1-4-24-15(22)6-5-9-19-16(26)20-10-7-14(8-11-20)21-12-18(2,3)13-25-17(21)23/h14H,4-13H2,1-3H3,(H,19,26). The molecule has 2 aliphatic heterocycles. The fourth-order valence-electron chi connectivity index (χ4n) is 3.34. The number of likely N-dealkylation sites (tertiary alicyclic amines) is 1. The Morgan fingerprint density at radius 3 is 2.73 bits per heavy atom. The van der Waals surface area contributed by atoms with Crippen molar-refractivity contribution in [3.63, 3.8) is 0 Å². The van der Waals surface area contributed by atoms with E-state index < -0.39 is 0 Å². The Labute approximate surface area is 161 Å². The monoisotopic (exact) mass is 385 g/mol. The molecule has 2 heterocycles. The van der Waals surface area contributed by atoms with E-state index in [0.717, 1.165) is 32.5 Å². The molecule has 0 aromatic heterocycles. The summed E-state index contributed by atoms with van der Waals surface area (Å²) in [6.07, 6.45) is 2.68. The van der Waals surface area contributed by atoms with E-state index in [1.54, 1.807) is 6.92 Å². The van der Waals surface area contributed by atoms with Crippen molar-refractivity contribution in [1.29, 1.82) is 0 Å². The van der Waals surface area contributed by atoms with Crippen LogP contribution in [0.15, 0.2) is 0 Å². The summed E-state index contributed by atoms with van der Waals surface area (Å²) in [7, 11) is 0. The molecule has 148 valence electrons. The molecule has 0 bridgehead atoms. The minimum absolute atomic E-state index is 0.000819. The lowest BCUT2D eigenvalue weighted by molar-refractivity contribution is -0.143. The third-order valence-corrected chi connectivity index (χ3v) is 5.15. The van der Waals surface area contributed by atoms with Crippen LogP contribution in [0.4, 0.5) is 4.79 Å². The smallest absolute Gasteiger partial charge is 0.410 e. The van der Waals surface area contributed by atoms with Gasteiger partial charge in [0, 0.05) is 44.1 Å². The summed E-state index contributed by atoms with van der Waals surface area (Å²) in [6, 6.07) is 0.213. The number of hydrogen-bond donors (Lipinski definition) is 1. The molecule has 0 aromatic rings. The average Bonchev–Trinajstić information content (AvgIpc) is 2.61. The van der Waals surface area contributed by atoms with E-state index in [0.29, 0.717) is 37.7 Å². The fourth-order valence-corrected chi connectivity index (χ4v) is 3.63. The minimum Gasteiger partial charge on any atom is -0.466 e. The maximum absolute atomic E-state index is 12.1. The Morgan fingerprint density at radius 2 is 2.08 bits per heavy atom. The van der Waals surface area contributed by atoms with Crippen LogP contribution in [-0.2, 0) is 14.3 Å². The highest BCUT2D eigenvalue weighted by Crippen LogP contribution is 2.28. The molecule has 0 radical (unpaired) electrons. The maximum atomic E-state index is 12.1. The predicted octanol–water partition coefficient (Wildman–Crippen LogP) is 2.15. The highest BCUT2D eigenvalue weighted by atomic mass is 32.1. The molecule has 2 fully saturated rings. The number of carbonyl (C=O) groups excluding carboxylic acids is 2. The van der Waals surface area contributed by atoms with Gasteiger partial charge in [-0.1, -0.05) is 13.8 Å². The second-order valence-electron chi connectivity index (χ2n) is 7.71. The molecule has 0 aliphatic carbocycles. The van der Waals surface area contributed by atoms with Crippen LogP contribution in [0.3, 0.4) is 0 Å². The molecular formula is C18H31N3O4S. The van der Waals surface area contributed by atoms with Crippen LogP contribution >= 0.6 is 12.2 Å². The largest absolute Gasteiger partial charge is 0.466 e. The summed E-state index contributed by atoms with van der Waals surface area (Å²) in [6.45, 7) is 9.99. The first-order chi connectivity index (χ1) is 12.3. The maximum Gasteiger partial charge on any atom is 0.410 e. The Kier molecular flexibility index (Phi) is 7.49. The zero-order valence-corrected chi connectivity index (χ0v) is 16.9. The van der Waals surface area contributed by atoms with Crippen molar-refractivity contribution < 1.29 is 19.1 Å². The van der Waals surface area contributed by atoms with Gasteiger partial charge in [0.1, 0.15) is 0 Å². The van der Waals surface area contributed by atoms with Gasteiger partial charge < -0.3 is 24.6 Å². The molecule has 0 unspecified atom stereocenters. The predicted molar refractivity (Wildman–Crippen MR) is 103 cm³/mol. The van der Waals surface area contributed by atoms with Gasteiger partial charge in [-0.05, 0) is 38.4 Å². The zero-order chi connectivity index (χ0) is 19.2. The summed E-state index contributed by atoms with van der Waals surface area (Å²) in [5.74, 6) is -0.169. The Bertz CT molecular complexity index is 519. The van der Waals surface area contributed by atoms with Crippen molar-refractivity contribution in [2.75, 3.05) is 39.4 Å². The molecule has 2 saturated heterocycles. The molecule has 0 atom stereocenters. The van der Waals surface area contributed by atoms with E-state index in [9.17, 15) is 9.59 Å². The van der Waals surface area contributed by atoms with Gasteiger partial charge in [0.05, 0.1) is 13.2 Å². The first-order valence-electron chi connectivity index (χ1n) is 9.44. The number of carbonyl (C=O) groups is 2. The molecule has 0 aromatic carbocycles. The Hall–Kier alpha value is -1.57. The lowest BCUT2D eigenvalue weighted by Crippen LogP contribution is -2.55. The van der Waals surface area contributed by atoms with E-state index in [4.69, 9.17) is 21.7 Å². The molecule has 1 N–H and O–H groups in total. The van der Waals surface area contributed by atoms with E-state index in [1.807, 2.05) is 4.90 Å². The summed E-state index contributed by atoms with van der Waals surface area (Å²) in [5, 5.41) is 3.93. The van der Waals surface area contributed by atoms with Crippen molar-refractivity contribution in [2.24, 2.45) is 5.41 Å². The number of thiocarbonyl (C=S) groups is 1. The highest BCUT2D eigenvalue weighted by molar-refractivity contribution is 7.80. The number of cyclic esters (lactones) is 1. The number of esters is 1. The lowest BCUT2D eigenvalue weighted by atomic mass is 9.91. The first-order valence-corrected chi connectivity index (χ1v) is 9.85. The molecule has 26 heavy (non-hydrogen) atoms. The van der Waals surface area contributed by atoms with Gasteiger partial charge in [0.2, 0.25) is 0 Å². The molecule has 7 nitrogen and oxygen atoms in total. The Balaban J connectivity index is 1.69. The van der Waals surface area contributed by atoms with Crippen LogP contribution in [0.2, 0.25) is 0 Å². The molecule has 2 aliphatic rings. The number of nitrogens with zero attached hydrogens (tertiary/aromatic N) is 2. The molecule has 0 spiro atoms. The van der Waals surface area contributed by atoms with Crippen LogP contribution in [-0.4, -0.2) is 72.4 Å². The van der Waals surface area contributed by atoms with E-state index in [2.05, 4.69) is 24.1 Å². The summed E-state index contributed by atoms with van der Waals surface area (Å²) >= 11 is 5.45. The topological polar surface area (TPSA) is 71.1 Å². The van der Waals surface area contributed by atoms with Crippen molar-refractivity contribution in [3.05, 3.63) is 0 Å². The van der Waals surface area contributed by atoms with E-state index in [-0.39, 0.29) is 23.5 Å². The van der Waals surface area contributed by atoms with Gasteiger partial charge in [-0.15, -0.1) is 0 Å². The third kappa shape index (κ3) is 6.00. The van der Waals surface area contributed by atoms with E-state index in [1.165, 1.54) is 0 Å². The molecular weight excluding hydrogens is 354 g/mol. The van der Waals surface area contributed by atoms with Crippen molar-refractivity contribution in [1.82, 2.24) is 15.1 Å². The molecule has 1 amide bonds. The summed E-state index contributed by atoms with van der Waals surface area (Å²) < 4.78 is 10.2. The number of piperidine rings is 1. The minimum atomic E-state index is -0.192. The Morgan fingerprint density at radius 1 is 1.38 bits per heavy atom. The van der Waals surface area contributed by atoms with Crippen LogP contribution < -0.4 is 5.32 Å². The van der Waals surface area contributed by atoms with Crippen molar-refractivity contribution >= 4 is 29.4 Å². The van der Waals surface area contributed by atoms with Crippen molar-refractivity contribution in [2.45, 2.75) is 52.5 Å². The highest BCUT2D eigenvalue weighted by Gasteiger charge is 2.38. The summed E-state index contributed by atoms with van der Waals surface area (Å²) in [4.78, 5) is 27.4. The van der Waals surface area contributed by atoms with Gasteiger partial charge in [0.25, 0.3) is 0 Å². The number of nitrogens with one attached hydrogen (secondary N) is 1. The van der Waals surface area contributed by atoms with E-state index >= 15 is 0 Å². The quantitative estimate of drug-likeness (QED) is 0.427. The van der Waals surface area contributed by atoms with Crippen LogP contribution in [0.1, 0.15) is 46.5 Å². The van der Waals surface area contributed by atoms with Gasteiger partial charge >= 0.3 is 12.1 Å².